The smallest absolute Gasteiger partial charge is 0.167 e. The molecule has 0 N–H and O–H groups in total. The van der Waals surface area contributed by atoms with Crippen LogP contribution in [0.3, 0.4) is 0 Å². The van der Waals surface area contributed by atoms with Crippen molar-refractivity contribution in [2.24, 2.45) is 4.74 Å². The molecule has 0 aliphatic rings. The highest BCUT2D eigenvalue weighted by Gasteiger charge is 2.36. The second-order valence-corrected chi connectivity index (χ2v) is 8.28. The normalized spacial score (nSPS) is 12.7. The standard InChI is InChI=1S/C16H39N4P/c1-8-15-20(16-9-2)21(17-10-3,18(11-4)12-5)19(13-6)14-7/h8-16H2,1-7H3. The maximum atomic E-state index is 5.27. The van der Waals surface area contributed by atoms with Gasteiger partial charge in [-0.25, -0.2) is 14.0 Å². The molecule has 5 heteroatoms. The van der Waals surface area contributed by atoms with Crippen LogP contribution in [0.15, 0.2) is 4.74 Å². The predicted octanol–water partition coefficient (Wildman–Crippen LogP) is 4.76. The van der Waals surface area contributed by atoms with Crippen molar-refractivity contribution in [3.05, 3.63) is 0 Å². The summed E-state index contributed by atoms with van der Waals surface area (Å²) in [5.41, 5.74) is 0. The molecule has 0 aromatic carbocycles. The van der Waals surface area contributed by atoms with E-state index in [0.29, 0.717) is 0 Å². The molecular weight excluding hydrogens is 279 g/mol. The van der Waals surface area contributed by atoms with E-state index in [2.05, 4.69) is 62.5 Å². The molecule has 0 spiro atoms. The van der Waals surface area contributed by atoms with Crippen LogP contribution in [0.2, 0.25) is 0 Å². The maximum Gasteiger partial charge on any atom is 0.167 e. The highest BCUT2D eigenvalue weighted by atomic mass is 31.2. The van der Waals surface area contributed by atoms with E-state index in [-0.39, 0.29) is 0 Å². The minimum atomic E-state index is -1.73. The van der Waals surface area contributed by atoms with Crippen molar-refractivity contribution in [2.45, 2.75) is 61.3 Å². The SMILES string of the molecule is CCCN(CCC)P(=NCC)(N(CC)CC)N(CC)CC. The first-order valence-electron chi connectivity index (χ1n) is 8.96. The van der Waals surface area contributed by atoms with Crippen LogP contribution < -0.4 is 0 Å². The van der Waals surface area contributed by atoms with Crippen molar-refractivity contribution >= 4 is 7.51 Å². The van der Waals surface area contributed by atoms with E-state index >= 15 is 0 Å². The van der Waals surface area contributed by atoms with Gasteiger partial charge in [0.25, 0.3) is 0 Å². The molecule has 0 amide bonds. The molecule has 0 aromatic heterocycles. The maximum absolute atomic E-state index is 5.27. The average Bonchev–Trinajstić information content (AvgIpc) is 2.49. The third-order valence-corrected chi connectivity index (χ3v) is 8.36. The Hall–Kier alpha value is 0.110. The van der Waals surface area contributed by atoms with E-state index in [0.717, 1.165) is 45.8 Å². The van der Waals surface area contributed by atoms with Gasteiger partial charge in [-0.05, 0) is 19.8 Å². The van der Waals surface area contributed by atoms with Gasteiger partial charge in [0.15, 0.2) is 7.51 Å². The van der Waals surface area contributed by atoms with Gasteiger partial charge in [-0.2, -0.15) is 0 Å². The van der Waals surface area contributed by atoms with Crippen LogP contribution in [0, 0.1) is 0 Å². The van der Waals surface area contributed by atoms with Crippen LogP contribution >= 0.6 is 7.51 Å². The minimum absolute atomic E-state index is 0.907. The van der Waals surface area contributed by atoms with Crippen molar-refractivity contribution < 1.29 is 0 Å². The lowest BCUT2D eigenvalue weighted by Crippen LogP contribution is -2.42. The molecule has 0 radical (unpaired) electrons. The zero-order valence-electron chi connectivity index (χ0n) is 15.6. The van der Waals surface area contributed by atoms with E-state index in [9.17, 15) is 0 Å². The lowest BCUT2D eigenvalue weighted by molar-refractivity contribution is 0.324. The summed E-state index contributed by atoms with van der Waals surface area (Å²) >= 11 is 0. The molecule has 0 unspecified atom stereocenters. The van der Waals surface area contributed by atoms with E-state index in [1.165, 1.54) is 12.8 Å². The van der Waals surface area contributed by atoms with Crippen LogP contribution in [0.25, 0.3) is 0 Å². The summed E-state index contributed by atoms with van der Waals surface area (Å²) in [5, 5.41) is 0. The summed E-state index contributed by atoms with van der Waals surface area (Å²) in [7, 11) is -1.73. The first-order valence-corrected chi connectivity index (χ1v) is 10.6. The van der Waals surface area contributed by atoms with E-state index in [1.54, 1.807) is 0 Å². The lowest BCUT2D eigenvalue weighted by Gasteiger charge is -2.49. The van der Waals surface area contributed by atoms with Crippen LogP contribution in [-0.2, 0) is 0 Å². The van der Waals surface area contributed by atoms with Gasteiger partial charge in [0.05, 0.1) is 0 Å². The Morgan fingerprint density at radius 2 is 1.00 bits per heavy atom. The lowest BCUT2D eigenvalue weighted by atomic mass is 10.4. The minimum Gasteiger partial charge on any atom is -0.261 e. The Balaban J connectivity index is 6.03. The van der Waals surface area contributed by atoms with Crippen molar-refractivity contribution in [3.63, 3.8) is 0 Å². The highest BCUT2D eigenvalue weighted by Crippen LogP contribution is 2.59. The zero-order valence-corrected chi connectivity index (χ0v) is 16.5. The van der Waals surface area contributed by atoms with Gasteiger partial charge in [0.1, 0.15) is 0 Å². The molecule has 0 heterocycles. The Labute approximate surface area is 134 Å². The molecule has 0 saturated heterocycles. The molecular formula is C16H39N4P. The highest BCUT2D eigenvalue weighted by molar-refractivity contribution is 7.59. The van der Waals surface area contributed by atoms with Gasteiger partial charge in [0.2, 0.25) is 0 Å². The molecule has 21 heavy (non-hydrogen) atoms. The van der Waals surface area contributed by atoms with Gasteiger partial charge < -0.3 is 0 Å². The largest absolute Gasteiger partial charge is 0.261 e. The number of nitrogens with zero attached hydrogens (tertiary/aromatic N) is 4. The average molecular weight is 318 g/mol. The molecule has 0 aliphatic carbocycles. The molecule has 0 aromatic rings. The number of hydrogen-bond acceptors (Lipinski definition) is 1. The fourth-order valence-electron chi connectivity index (χ4n) is 3.10. The molecule has 4 nitrogen and oxygen atoms in total. The van der Waals surface area contributed by atoms with Crippen molar-refractivity contribution in [2.75, 3.05) is 45.8 Å². The quantitative estimate of drug-likeness (QED) is 0.484. The van der Waals surface area contributed by atoms with E-state index in [4.69, 9.17) is 4.74 Å². The molecule has 128 valence electrons. The second-order valence-electron chi connectivity index (χ2n) is 5.23. The van der Waals surface area contributed by atoms with Crippen LogP contribution in [-0.4, -0.2) is 59.8 Å². The summed E-state index contributed by atoms with van der Waals surface area (Å²) in [6.45, 7) is 23.4. The van der Waals surface area contributed by atoms with Gasteiger partial charge >= 0.3 is 0 Å². The van der Waals surface area contributed by atoms with Crippen molar-refractivity contribution in [1.82, 2.24) is 14.0 Å². The molecule has 0 aliphatic heterocycles. The Morgan fingerprint density at radius 3 is 1.24 bits per heavy atom. The monoisotopic (exact) mass is 318 g/mol. The van der Waals surface area contributed by atoms with Crippen LogP contribution in [0.1, 0.15) is 61.3 Å². The van der Waals surface area contributed by atoms with E-state index in [1.807, 2.05) is 0 Å². The number of hydrogen-bond donors (Lipinski definition) is 0. The van der Waals surface area contributed by atoms with Crippen molar-refractivity contribution in [3.8, 4) is 0 Å². The Morgan fingerprint density at radius 1 is 0.619 bits per heavy atom. The van der Waals surface area contributed by atoms with Crippen LogP contribution in [0.4, 0.5) is 0 Å². The zero-order chi connectivity index (χ0) is 16.3. The first kappa shape index (κ1) is 21.1. The summed E-state index contributed by atoms with van der Waals surface area (Å²) in [5.74, 6) is 0. The predicted molar refractivity (Wildman–Crippen MR) is 97.9 cm³/mol. The van der Waals surface area contributed by atoms with Crippen molar-refractivity contribution in [1.29, 1.82) is 0 Å². The summed E-state index contributed by atoms with van der Waals surface area (Å²) in [6.07, 6.45) is 2.40. The molecule has 0 bridgehead atoms. The Bertz CT molecular complexity index is 277. The molecule has 0 atom stereocenters. The third-order valence-electron chi connectivity index (χ3n) is 3.89. The number of rotatable bonds is 12. The van der Waals surface area contributed by atoms with Gasteiger partial charge in [-0.1, -0.05) is 41.5 Å². The fraction of sp³-hybridized carbons (Fsp3) is 1.00. The molecule has 0 fully saturated rings. The summed E-state index contributed by atoms with van der Waals surface area (Å²) < 4.78 is 13.2. The van der Waals surface area contributed by atoms with Gasteiger partial charge in [0, 0.05) is 45.8 Å². The van der Waals surface area contributed by atoms with E-state index < -0.39 is 7.51 Å². The molecule has 0 saturated carbocycles. The Kier molecular flexibility index (Phi) is 11.7. The molecule has 0 rings (SSSR count). The fourth-order valence-corrected chi connectivity index (χ4v) is 7.54. The first-order chi connectivity index (χ1) is 10.1. The summed E-state index contributed by atoms with van der Waals surface area (Å²) in [4.78, 5) is 0. The van der Waals surface area contributed by atoms with Gasteiger partial charge in [-0.3, -0.25) is 4.74 Å². The topological polar surface area (TPSA) is 22.1 Å². The third kappa shape index (κ3) is 5.06. The second kappa shape index (κ2) is 11.6. The summed E-state index contributed by atoms with van der Waals surface area (Å²) in [6, 6.07) is 0. The van der Waals surface area contributed by atoms with Gasteiger partial charge in [-0.15, -0.1) is 0 Å². The van der Waals surface area contributed by atoms with Crippen LogP contribution in [0.5, 0.6) is 0 Å².